The van der Waals surface area contributed by atoms with Gasteiger partial charge in [-0.25, -0.2) is 9.97 Å². The Balaban J connectivity index is 1.92. The molecule has 4 aromatic rings. The number of fused-ring (bicyclic) bond motifs is 1. The number of phenols is 1. The van der Waals surface area contributed by atoms with Gasteiger partial charge in [-0.15, -0.1) is 11.3 Å². The van der Waals surface area contributed by atoms with Gasteiger partial charge in [0.25, 0.3) is 0 Å². The Bertz CT molecular complexity index is 1160. The monoisotopic (exact) mass is 375 g/mol. The molecule has 2 aromatic heterocycles. The summed E-state index contributed by atoms with van der Waals surface area (Å²) in [6.07, 6.45) is 1.57. The van der Waals surface area contributed by atoms with E-state index in [1.807, 2.05) is 19.1 Å². The first-order chi connectivity index (χ1) is 12.9. The number of benzene rings is 2. The molecule has 0 amide bonds. The summed E-state index contributed by atoms with van der Waals surface area (Å²) < 4.78 is 0. The minimum Gasteiger partial charge on any atom is -0.506 e. The Morgan fingerprint density at radius 2 is 1.74 bits per heavy atom. The van der Waals surface area contributed by atoms with Crippen LogP contribution in [0.15, 0.2) is 42.7 Å². The molecule has 0 radical (unpaired) electrons. The topological polar surface area (TPSA) is 58.0 Å². The second-order valence-corrected chi connectivity index (χ2v) is 8.08. The normalized spacial score (nSPS) is 11.1. The predicted octanol–water partition coefficient (Wildman–Crippen LogP) is 6.04. The Labute approximate surface area is 162 Å². The van der Waals surface area contributed by atoms with Crippen molar-refractivity contribution in [2.45, 2.75) is 27.7 Å². The van der Waals surface area contributed by atoms with Gasteiger partial charge in [0.15, 0.2) is 0 Å². The summed E-state index contributed by atoms with van der Waals surface area (Å²) in [4.78, 5) is 11.1. The van der Waals surface area contributed by atoms with E-state index >= 15 is 0 Å². The largest absolute Gasteiger partial charge is 0.506 e. The molecule has 0 bridgehead atoms. The molecule has 0 aliphatic carbocycles. The highest BCUT2D eigenvalue weighted by Crippen LogP contribution is 2.42. The summed E-state index contributed by atoms with van der Waals surface area (Å²) in [7, 11) is 0. The van der Waals surface area contributed by atoms with E-state index in [0.717, 1.165) is 26.9 Å². The van der Waals surface area contributed by atoms with E-state index in [4.69, 9.17) is 0 Å². The lowest BCUT2D eigenvalue weighted by Gasteiger charge is -2.12. The van der Waals surface area contributed by atoms with E-state index in [9.17, 15) is 5.11 Å². The highest BCUT2D eigenvalue weighted by atomic mass is 32.1. The summed E-state index contributed by atoms with van der Waals surface area (Å²) in [5, 5.41) is 14.5. The van der Waals surface area contributed by atoms with Crippen LogP contribution in [0.3, 0.4) is 0 Å². The van der Waals surface area contributed by atoms with Crippen molar-refractivity contribution >= 4 is 33.1 Å². The van der Waals surface area contributed by atoms with Crippen LogP contribution in [-0.2, 0) is 0 Å². The highest BCUT2D eigenvalue weighted by Gasteiger charge is 2.18. The van der Waals surface area contributed by atoms with E-state index in [-0.39, 0.29) is 5.75 Å². The third-order valence-electron chi connectivity index (χ3n) is 4.87. The molecule has 0 saturated heterocycles. The third-order valence-corrected chi connectivity index (χ3v) is 5.88. The van der Waals surface area contributed by atoms with Crippen LogP contribution in [0, 0.1) is 27.7 Å². The second-order valence-electron chi connectivity index (χ2n) is 6.88. The number of hydrogen-bond acceptors (Lipinski definition) is 5. The highest BCUT2D eigenvalue weighted by molar-refractivity contribution is 7.19. The summed E-state index contributed by atoms with van der Waals surface area (Å²) in [6, 6.07) is 12.0. The molecule has 2 aromatic carbocycles. The molecule has 4 rings (SSSR count). The average Bonchev–Trinajstić information content (AvgIpc) is 2.97. The zero-order valence-electron chi connectivity index (χ0n) is 15.8. The Hall–Kier alpha value is -2.92. The van der Waals surface area contributed by atoms with Gasteiger partial charge in [0.2, 0.25) is 0 Å². The van der Waals surface area contributed by atoms with Crippen LogP contribution in [0.2, 0.25) is 0 Å². The lowest BCUT2D eigenvalue weighted by atomic mass is 9.99. The molecule has 0 fully saturated rings. The van der Waals surface area contributed by atoms with Gasteiger partial charge in [-0.05, 0) is 62.1 Å². The maximum absolute atomic E-state index is 10.2. The molecular weight excluding hydrogens is 354 g/mol. The maximum Gasteiger partial charge on any atom is 0.143 e. The number of hydrogen-bond donors (Lipinski definition) is 2. The second kappa shape index (κ2) is 6.67. The maximum atomic E-state index is 10.2. The molecule has 136 valence electrons. The molecule has 2 N–H and O–H groups in total. The average molecular weight is 375 g/mol. The van der Waals surface area contributed by atoms with Crippen LogP contribution < -0.4 is 5.32 Å². The smallest absolute Gasteiger partial charge is 0.143 e. The molecule has 5 heteroatoms. The fraction of sp³-hybridized carbons (Fsp3) is 0.182. The molecule has 0 atom stereocenters. The number of aromatic nitrogens is 2. The minimum atomic E-state index is 0.201. The number of nitrogens with one attached hydrogen (secondary N) is 1. The first-order valence-corrected chi connectivity index (χ1v) is 9.64. The fourth-order valence-corrected chi connectivity index (χ4v) is 4.27. The number of aromatic hydroxyl groups is 1. The molecule has 0 aliphatic rings. The zero-order valence-corrected chi connectivity index (χ0v) is 16.6. The quantitative estimate of drug-likeness (QED) is 0.429. The standard InChI is InChI=1S/C22H21N3OS/c1-12-5-8-18(26)17(9-12)25-21-20-19(15(4)27-22(20)24-11-23-21)16-7-6-13(2)14(3)10-16/h5-11,26H,1-4H3,(H,23,24,25). The van der Waals surface area contributed by atoms with Crippen molar-refractivity contribution in [1.82, 2.24) is 9.97 Å². The summed E-state index contributed by atoms with van der Waals surface area (Å²) in [6.45, 7) is 8.36. The lowest BCUT2D eigenvalue weighted by molar-refractivity contribution is 0.477. The molecule has 27 heavy (non-hydrogen) atoms. The van der Waals surface area contributed by atoms with E-state index in [0.29, 0.717) is 11.5 Å². The number of phenolic OH excluding ortho intramolecular Hbond substituents is 1. The minimum absolute atomic E-state index is 0.201. The van der Waals surface area contributed by atoms with Gasteiger partial charge in [-0.2, -0.15) is 0 Å². The Kier molecular flexibility index (Phi) is 4.32. The van der Waals surface area contributed by atoms with Crippen molar-refractivity contribution in [3.05, 3.63) is 64.3 Å². The van der Waals surface area contributed by atoms with Gasteiger partial charge in [-0.1, -0.05) is 24.3 Å². The molecule has 0 unspecified atom stereocenters. The molecule has 0 saturated carbocycles. The summed E-state index contributed by atoms with van der Waals surface area (Å²) in [5.74, 6) is 0.908. The first-order valence-electron chi connectivity index (χ1n) is 8.82. The summed E-state index contributed by atoms with van der Waals surface area (Å²) >= 11 is 1.66. The number of rotatable bonds is 3. The number of aryl methyl sites for hydroxylation is 4. The van der Waals surface area contributed by atoms with Crippen molar-refractivity contribution < 1.29 is 5.11 Å². The van der Waals surface area contributed by atoms with Crippen molar-refractivity contribution in [3.63, 3.8) is 0 Å². The lowest BCUT2D eigenvalue weighted by Crippen LogP contribution is -1.96. The molecule has 2 heterocycles. The number of nitrogens with zero attached hydrogens (tertiary/aromatic N) is 2. The first kappa shape index (κ1) is 17.5. The fourth-order valence-electron chi connectivity index (χ4n) is 3.26. The van der Waals surface area contributed by atoms with Crippen LogP contribution in [0.25, 0.3) is 21.3 Å². The predicted molar refractivity (Wildman–Crippen MR) is 113 cm³/mol. The van der Waals surface area contributed by atoms with Crippen molar-refractivity contribution in [1.29, 1.82) is 0 Å². The van der Waals surface area contributed by atoms with Gasteiger partial charge in [-0.3, -0.25) is 0 Å². The van der Waals surface area contributed by atoms with Gasteiger partial charge < -0.3 is 10.4 Å². The molecule has 4 nitrogen and oxygen atoms in total. The van der Waals surface area contributed by atoms with E-state index < -0.39 is 0 Å². The van der Waals surface area contributed by atoms with Crippen molar-refractivity contribution in [2.24, 2.45) is 0 Å². The van der Waals surface area contributed by atoms with Crippen molar-refractivity contribution in [3.8, 4) is 16.9 Å². The van der Waals surface area contributed by atoms with Crippen LogP contribution in [0.5, 0.6) is 5.75 Å². The van der Waals surface area contributed by atoms with Gasteiger partial charge in [0.1, 0.15) is 22.7 Å². The number of thiophene rings is 1. The van der Waals surface area contributed by atoms with E-state index in [1.54, 1.807) is 23.7 Å². The third kappa shape index (κ3) is 3.15. The van der Waals surface area contributed by atoms with Gasteiger partial charge in [0.05, 0.1) is 11.1 Å². The molecule has 0 spiro atoms. The van der Waals surface area contributed by atoms with Crippen LogP contribution in [0.1, 0.15) is 21.6 Å². The van der Waals surface area contributed by atoms with Crippen LogP contribution in [0.4, 0.5) is 11.5 Å². The molecular formula is C22H21N3OS. The number of anilines is 2. The van der Waals surface area contributed by atoms with Crippen LogP contribution >= 0.6 is 11.3 Å². The molecule has 0 aliphatic heterocycles. The van der Waals surface area contributed by atoms with E-state index in [1.165, 1.54) is 16.0 Å². The Morgan fingerprint density at radius 1 is 0.926 bits per heavy atom. The van der Waals surface area contributed by atoms with Gasteiger partial charge in [0, 0.05) is 10.4 Å². The Morgan fingerprint density at radius 3 is 2.52 bits per heavy atom. The van der Waals surface area contributed by atoms with Crippen molar-refractivity contribution in [2.75, 3.05) is 5.32 Å². The summed E-state index contributed by atoms with van der Waals surface area (Å²) in [5.41, 5.74) is 6.55. The SMILES string of the molecule is Cc1ccc(O)c(Nc2ncnc3sc(C)c(-c4ccc(C)c(C)c4)c23)c1. The van der Waals surface area contributed by atoms with Crippen LogP contribution in [-0.4, -0.2) is 15.1 Å². The van der Waals surface area contributed by atoms with E-state index in [2.05, 4.69) is 54.3 Å². The van der Waals surface area contributed by atoms with Gasteiger partial charge >= 0.3 is 0 Å². The zero-order chi connectivity index (χ0) is 19.1.